The molecule has 0 saturated carbocycles. The first-order valence-corrected chi connectivity index (χ1v) is 5.39. The molecular formula is C8H13N5S. The summed E-state index contributed by atoms with van der Waals surface area (Å²) in [6, 6.07) is 0.515. The third-order valence-electron chi connectivity index (χ3n) is 2.30. The number of guanidine groups is 1. The predicted molar refractivity (Wildman–Crippen MR) is 56.1 cm³/mol. The van der Waals surface area contributed by atoms with Crippen LogP contribution in [0.4, 0.5) is 0 Å². The highest BCUT2D eigenvalue weighted by Gasteiger charge is 2.30. The first-order valence-electron chi connectivity index (χ1n) is 4.55. The van der Waals surface area contributed by atoms with E-state index >= 15 is 0 Å². The molecular weight excluding hydrogens is 198 g/mol. The second-order valence-corrected chi connectivity index (χ2v) is 4.16. The van der Waals surface area contributed by atoms with Crippen molar-refractivity contribution in [1.29, 1.82) is 0 Å². The summed E-state index contributed by atoms with van der Waals surface area (Å²) in [6.07, 6.45) is 0. The average Bonchev–Trinajstić information content (AvgIpc) is 2.70. The lowest BCUT2D eigenvalue weighted by atomic mass is 10.2. The van der Waals surface area contributed by atoms with Crippen LogP contribution in [-0.2, 0) is 0 Å². The van der Waals surface area contributed by atoms with E-state index in [0.717, 1.165) is 5.69 Å². The van der Waals surface area contributed by atoms with Gasteiger partial charge in [-0.15, -0.1) is 5.10 Å². The maximum atomic E-state index is 5.81. The summed E-state index contributed by atoms with van der Waals surface area (Å²) in [5.74, 6) is 0.609. The number of aromatic nitrogens is 2. The zero-order chi connectivity index (χ0) is 10.1. The van der Waals surface area contributed by atoms with Crippen molar-refractivity contribution in [2.45, 2.75) is 25.9 Å². The van der Waals surface area contributed by atoms with E-state index in [1.807, 2.05) is 5.38 Å². The highest BCUT2D eigenvalue weighted by Crippen LogP contribution is 2.26. The monoisotopic (exact) mass is 211 g/mol. The summed E-state index contributed by atoms with van der Waals surface area (Å²) >= 11 is 1.36. The van der Waals surface area contributed by atoms with E-state index in [1.165, 1.54) is 11.5 Å². The summed E-state index contributed by atoms with van der Waals surface area (Å²) in [7, 11) is 0. The molecule has 14 heavy (non-hydrogen) atoms. The largest absolute Gasteiger partial charge is 0.370 e. The van der Waals surface area contributed by atoms with Crippen LogP contribution in [0.25, 0.3) is 0 Å². The second-order valence-electron chi connectivity index (χ2n) is 3.55. The molecule has 1 aliphatic rings. The minimum Gasteiger partial charge on any atom is -0.370 e. The summed E-state index contributed by atoms with van der Waals surface area (Å²) < 4.78 is 3.86. The van der Waals surface area contributed by atoms with Crippen LogP contribution < -0.4 is 5.73 Å². The SMILES string of the molecule is CC(C)N1C(N)=NCC1c1csnn1. The Kier molecular flexibility index (Phi) is 2.37. The van der Waals surface area contributed by atoms with Gasteiger partial charge in [-0.25, -0.2) is 0 Å². The highest BCUT2D eigenvalue weighted by atomic mass is 32.1. The van der Waals surface area contributed by atoms with Crippen LogP contribution in [0.5, 0.6) is 0 Å². The molecule has 1 unspecified atom stereocenters. The van der Waals surface area contributed by atoms with Gasteiger partial charge < -0.3 is 10.6 Å². The molecule has 2 N–H and O–H groups in total. The van der Waals surface area contributed by atoms with Crippen LogP contribution in [0, 0.1) is 0 Å². The summed E-state index contributed by atoms with van der Waals surface area (Å²) in [5, 5.41) is 6.02. The molecule has 2 rings (SSSR count). The molecule has 0 radical (unpaired) electrons. The first kappa shape index (κ1) is 9.39. The van der Waals surface area contributed by atoms with Gasteiger partial charge in [0.2, 0.25) is 0 Å². The molecule has 1 atom stereocenters. The van der Waals surface area contributed by atoms with Gasteiger partial charge in [0.25, 0.3) is 0 Å². The van der Waals surface area contributed by atoms with Gasteiger partial charge in [0.05, 0.1) is 18.3 Å². The van der Waals surface area contributed by atoms with Crippen LogP contribution in [0.3, 0.4) is 0 Å². The third-order valence-corrected chi connectivity index (χ3v) is 2.82. The summed E-state index contributed by atoms with van der Waals surface area (Å²) in [5.41, 5.74) is 6.77. The fourth-order valence-electron chi connectivity index (χ4n) is 1.69. The Labute approximate surface area is 86.8 Å². The van der Waals surface area contributed by atoms with E-state index in [0.29, 0.717) is 18.5 Å². The molecule has 0 saturated heterocycles. The van der Waals surface area contributed by atoms with Gasteiger partial charge >= 0.3 is 0 Å². The zero-order valence-electron chi connectivity index (χ0n) is 8.21. The number of rotatable bonds is 2. The van der Waals surface area contributed by atoms with E-state index < -0.39 is 0 Å². The lowest BCUT2D eigenvalue weighted by Crippen LogP contribution is -2.41. The van der Waals surface area contributed by atoms with Crippen LogP contribution in [0.2, 0.25) is 0 Å². The smallest absolute Gasteiger partial charge is 0.192 e. The molecule has 0 bridgehead atoms. The second kappa shape index (κ2) is 3.53. The van der Waals surface area contributed by atoms with Crippen LogP contribution >= 0.6 is 11.5 Å². The Hall–Kier alpha value is -1.17. The van der Waals surface area contributed by atoms with Gasteiger partial charge in [0, 0.05) is 11.4 Å². The Balaban J connectivity index is 2.23. The standard InChI is InChI=1S/C8H13N5S/c1-5(2)13-7(3-10-8(13)9)6-4-14-12-11-6/h4-5,7H,3H2,1-2H3,(H2,9,10). The molecule has 0 aliphatic carbocycles. The zero-order valence-corrected chi connectivity index (χ0v) is 9.03. The summed E-state index contributed by atoms with van der Waals surface area (Å²) in [6.45, 7) is 4.89. The third kappa shape index (κ3) is 1.45. The maximum Gasteiger partial charge on any atom is 0.192 e. The van der Waals surface area contributed by atoms with Crippen LogP contribution in [0.1, 0.15) is 25.6 Å². The van der Waals surface area contributed by atoms with Gasteiger partial charge in [-0.3, -0.25) is 4.99 Å². The molecule has 6 heteroatoms. The van der Waals surface area contributed by atoms with E-state index in [9.17, 15) is 0 Å². The van der Waals surface area contributed by atoms with Crippen LogP contribution in [0.15, 0.2) is 10.4 Å². The molecule has 0 aromatic carbocycles. The molecule has 5 nitrogen and oxygen atoms in total. The van der Waals surface area contributed by atoms with Crippen molar-refractivity contribution in [3.63, 3.8) is 0 Å². The Morgan fingerprint density at radius 1 is 1.64 bits per heavy atom. The minimum atomic E-state index is 0.175. The molecule has 1 aromatic rings. The normalized spacial score (nSPS) is 21.8. The Bertz CT molecular complexity index is 332. The molecule has 0 fully saturated rings. The lowest BCUT2D eigenvalue weighted by Gasteiger charge is -2.28. The predicted octanol–water partition coefficient (Wildman–Crippen LogP) is 0.618. The Morgan fingerprint density at radius 3 is 3.00 bits per heavy atom. The molecule has 0 amide bonds. The van der Waals surface area contributed by atoms with Crippen molar-refractivity contribution < 1.29 is 0 Å². The fourth-order valence-corrected chi connectivity index (χ4v) is 2.19. The van der Waals surface area contributed by atoms with Crippen LogP contribution in [-0.4, -0.2) is 33.0 Å². The quantitative estimate of drug-likeness (QED) is 0.778. The highest BCUT2D eigenvalue weighted by molar-refractivity contribution is 7.03. The van der Waals surface area contributed by atoms with Crippen molar-refractivity contribution in [3.05, 3.63) is 11.1 Å². The number of hydrogen-bond acceptors (Lipinski definition) is 6. The van der Waals surface area contributed by atoms with Gasteiger partial charge in [0.15, 0.2) is 5.96 Å². The maximum absolute atomic E-state index is 5.81. The molecule has 2 heterocycles. The topological polar surface area (TPSA) is 67.4 Å². The fraction of sp³-hybridized carbons (Fsp3) is 0.625. The first-order chi connectivity index (χ1) is 6.70. The number of hydrogen-bond donors (Lipinski definition) is 1. The number of nitrogens with zero attached hydrogens (tertiary/aromatic N) is 4. The Morgan fingerprint density at radius 2 is 2.43 bits per heavy atom. The lowest BCUT2D eigenvalue weighted by molar-refractivity contribution is 0.285. The molecule has 76 valence electrons. The molecule has 1 aliphatic heterocycles. The number of aliphatic imine (C=N–C) groups is 1. The van der Waals surface area contributed by atoms with Crippen molar-refractivity contribution in [2.24, 2.45) is 10.7 Å². The van der Waals surface area contributed by atoms with Crippen molar-refractivity contribution in [3.8, 4) is 0 Å². The van der Waals surface area contributed by atoms with Crippen molar-refractivity contribution >= 4 is 17.5 Å². The van der Waals surface area contributed by atoms with E-state index in [-0.39, 0.29) is 6.04 Å². The van der Waals surface area contributed by atoms with Gasteiger partial charge in [0.1, 0.15) is 0 Å². The minimum absolute atomic E-state index is 0.175. The summed E-state index contributed by atoms with van der Waals surface area (Å²) in [4.78, 5) is 6.31. The van der Waals surface area contributed by atoms with E-state index in [1.54, 1.807) is 0 Å². The van der Waals surface area contributed by atoms with Crippen molar-refractivity contribution in [2.75, 3.05) is 6.54 Å². The van der Waals surface area contributed by atoms with Gasteiger partial charge in [-0.1, -0.05) is 4.49 Å². The average molecular weight is 211 g/mol. The van der Waals surface area contributed by atoms with Gasteiger partial charge in [-0.2, -0.15) is 0 Å². The molecule has 0 spiro atoms. The van der Waals surface area contributed by atoms with Crippen molar-refractivity contribution in [1.82, 2.24) is 14.5 Å². The van der Waals surface area contributed by atoms with E-state index in [2.05, 4.69) is 33.3 Å². The number of nitrogens with two attached hydrogens (primary N) is 1. The molecule has 1 aromatic heterocycles. The van der Waals surface area contributed by atoms with E-state index in [4.69, 9.17) is 5.73 Å². The van der Waals surface area contributed by atoms with Gasteiger partial charge in [-0.05, 0) is 25.4 Å².